The Balaban J connectivity index is 1.90. The van der Waals surface area contributed by atoms with Crippen LogP contribution in [0.4, 0.5) is 14.5 Å². The minimum absolute atomic E-state index is 0.157. The number of halogens is 2. The highest BCUT2D eigenvalue weighted by Gasteiger charge is 2.52. The predicted octanol–water partition coefficient (Wildman–Crippen LogP) is 2.85. The van der Waals surface area contributed by atoms with Crippen LogP contribution in [0.15, 0.2) is 12.1 Å². The molecule has 4 nitrogen and oxygen atoms in total. The molecule has 2 saturated heterocycles. The van der Waals surface area contributed by atoms with Crippen LogP contribution in [-0.4, -0.2) is 37.6 Å². The molecule has 0 radical (unpaired) electrons. The normalized spacial score (nSPS) is 23.5. The van der Waals surface area contributed by atoms with E-state index in [4.69, 9.17) is 14.0 Å². The van der Waals surface area contributed by atoms with Gasteiger partial charge in [0.25, 0.3) is 0 Å². The lowest BCUT2D eigenvalue weighted by atomic mass is 9.77. The predicted molar refractivity (Wildman–Crippen MR) is 89.5 cm³/mol. The highest BCUT2D eigenvalue weighted by Crippen LogP contribution is 2.37. The lowest BCUT2D eigenvalue weighted by Gasteiger charge is -2.32. The van der Waals surface area contributed by atoms with E-state index < -0.39 is 30.0 Å². The maximum Gasteiger partial charge on any atom is 0.497 e. The third kappa shape index (κ3) is 3.30. The summed E-state index contributed by atoms with van der Waals surface area (Å²) in [7, 11) is -0.743. The van der Waals surface area contributed by atoms with E-state index in [2.05, 4.69) is 5.32 Å². The van der Waals surface area contributed by atoms with Crippen LogP contribution < -0.4 is 10.8 Å². The van der Waals surface area contributed by atoms with Gasteiger partial charge in [-0.05, 0) is 52.7 Å². The van der Waals surface area contributed by atoms with Crippen molar-refractivity contribution in [3.63, 3.8) is 0 Å². The Bertz CT molecular complexity index is 602. The molecule has 0 bridgehead atoms. The molecule has 0 aliphatic carbocycles. The van der Waals surface area contributed by atoms with E-state index in [1.54, 1.807) is 0 Å². The van der Waals surface area contributed by atoms with Crippen molar-refractivity contribution in [2.45, 2.75) is 57.8 Å². The summed E-state index contributed by atoms with van der Waals surface area (Å²) in [6.45, 7) is 9.04. The first-order valence-electron chi connectivity index (χ1n) is 8.38. The Kier molecular flexibility index (Phi) is 4.62. The van der Waals surface area contributed by atoms with Crippen molar-refractivity contribution in [3.8, 4) is 0 Å². The van der Waals surface area contributed by atoms with Gasteiger partial charge < -0.3 is 19.4 Å². The van der Waals surface area contributed by atoms with Gasteiger partial charge in [-0.3, -0.25) is 0 Å². The molecule has 2 aliphatic rings. The van der Waals surface area contributed by atoms with Gasteiger partial charge in [0, 0.05) is 30.4 Å². The van der Waals surface area contributed by atoms with E-state index in [0.717, 1.165) is 12.8 Å². The van der Waals surface area contributed by atoms with Crippen LogP contribution in [0.2, 0.25) is 0 Å². The fraction of sp³-hybridized carbons (Fsp3) is 0.647. The Morgan fingerprint density at radius 3 is 2.12 bits per heavy atom. The van der Waals surface area contributed by atoms with Crippen LogP contribution >= 0.6 is 0 Å². The summed E-state index contributed by atoms with van der Waals surface area (Å²) in [5.41, 5.74) is -0.0879. The average Bonchev–Trinajstić information content (AvgIpc) is 2.72. The van der Waals surface area contributed by atoms with Gasteiger partial charge in [0.1, 0.15) is 0 Å². The summed E-state index contributed by atoms with van der Waals surface area (Å²) >= 11 is 0. The van der Waals surface area contributed by atoms with Crippen LogP contribution in [-0.2, 0) is 14.0 Å². The monoisotopic (exact) mass is 339 g/mol. The second-order valence-electron chi connectivity index (χ2n) is 7.47. The SMILES string of the molecule is CC1(C)OB(c2cc(F)c(F)cc2NC2CCOCC2)OC1(C)C. The maximum absolute atomic E-state index is 13.8. The molecule has 1 aromatic rings. The second kappa shape index (κ2) is 6.28. The molecular weight excluding hydrogens is 315 g/mol. The number of benzene rings is 1. The number of ether oxygens (including phenoxy) is 1. The topological polar surface area (TPSA) is 39.7 Å². The number of rotatable bonds is 3. The molecule has 0 unspecified atom stereocenters. The van der Waals surface area contributed by atoms with Crippen molar-refractivity contribution in [1.82, 2.24) is 0 Å². The first kappa shape index (κ1) is 17.6. The third-order valence-corrected chi connectivity index (χ3v) is 5.18. The second-order valence-corrected chi connectivity index (χ2v) is 7.47. The van der Waals surface area contributed by atoms with Crippen molar-refractivity contribution in [1.29, 1.82) is 0 Å². The molecule has 0 spiro atoms. The molecule has 0 saturated carbocycles. The first-order chi connectivity index (χ1) is 11.2. The Labute approximate surface area is 142 Å². The Morgan fingerprint density at radius 2 is 1.54 bits per heavy atom. The zero-order valence-corrected chi connectivity index (χ0v) is 14.6. The average molecular weight is 339 g/mol. The summed E-state index contributed by atoms with van der Waals surface area (Å²) in [6.07, 6.45) is 1.64. The van der Waals surface area contributed by atoms with Gasteiger partial charge in [-0.25, -0.2) is 8.78 Å². The fourth-order valence-corrected chi connectivity index (χ4v) is 2.91. The van der Waals surface area contributed by atoms with Crippen molar-refractivity contribution < 1.29 is 22.8 Å². The molecule has 7 heteroatoms. The number of hydrogen-bond donors (Lipinski definition) is 1. The van der Waals surface area contributed by atoms with Gasteiger partial charge >= 0.3 is 7.12 Å². The number of anilines is 1. The van der Waals surface area contributed by atoms with Crippen LogP contribution in [0.5, 0.6) is 0 Å². The quantitative estimate of drug-likeness (QED) is 0.860. The minimum atomic E-state index is -0.905. The van der Waals surface area contributed by atoms with Gasteiger partial charge in [-0.15, -0.1) is 0 Å². The van der Waals surface area contributed by atoms with Crippen LogP contribution in [0, 0.1) is 11.6 Å². The summed E-state index contributed by atoms with van der Waals surface area (Å²) in [6, 6.07) is 2.51. The summed E-state index contributed by atoms with van der Waals surface area (Å²) < 4.78 is 45.0. The molecule has 0 aromatic heterocycles. The lowest BCUT2D eigenvalue weighted by molar-refractivity contribution is 0.00578. The Hall–Kier alpha value is -1.18. The van der Waals surface area contributed by atoms with Crippen molar-refractivity contribution in [3.05, 3.63) is 23.8 Å². The van der Waals surface area contributed by atoms with Gasteiger partial charge in [-0.2, -0.15) is 0 Å². The van der Waals surface area contributed by atoms with Crippen LogP contribution in [0.3, 0.4) is 0 Å². The highest BCUT2D eigenvalue weighted by atomic mass is 19.2. The number of nitrogens with one attached hydrogen (secondary N) is 1. The van der Waals surface area contributed by atoms with Gasteiger partial charge in [0.2, 0.25) is 0 Å². The van der Waals surface area contributed by atoms with Crippen molar-refractivity contribution in [2.24, 2.45) is 0 Å². The molecule has 2 aliphatic heterocycles. The van der Waals surface area contributed by atoms with E-state index in [1.807, 2.05) is 27.7 Å². The largest absolute Gasteiger partial charge is 0.497 e. The molecule has 2 fully saturated rings. The summed E-state index contributed by atoms with van der Waals surface area (Å²) in [5.74, 6) is -1.79. The van der Waals surface area contributed by atoms with Crippen LogP contribution in [0.1, 0.15) is 40.5 Å². The highest BCUT2D eigenvalue weighted by molar-refractivity contribution is 6.64. The molecular formula is C17H24BF2NO3. The molecule has 24 heavy (non-hydrogen) atoms. The van der Waals surface area contributed by atoms with E-state index in [-0.39, 0.29) is 6.04 Å². The van der Waals surface area contributed by atoms with E-state index >= 15 is 0 Å². The summed E-state index contributed by atoms with van der Waals surface area (Å²) in [4.78, 5) is 0. The smallest absolute Gasteiger partial charge is 0.399 e. The minimum Gasteiger partial charge on any atom is -0.399 e. The van der Waals surface area contributed by atoms with Crippen molar-refractivity contribution in [2.75, 3.05) is 18.5 Å². The molecule has 132 valence electrons. The molecule has 0 amide bonds. The standard InChI is InChI=1S/C17H24BF2NO3/c1-16(2)17(3,4)24-18(23-16)12-9-13(19)14(20)10-15(12)21-11-5-7-22-8-6-11/h9-11,21H,5-8H2,1-4H3. The van der Waals surface area contributed by atoms with Crippen molar-refractivity contribution >= 4 is 18.3 Å². The third-order valence-electron chi connectivity index (χ3n) is 5.18. The fourth-order valence-electron chi connectivity index (χ4n) is 2.91. The van der Waals surface area contributed by atoms with E-state index in [1.165, 1.54) is 12.1 Å². The lowest BCUT2D eigenvalue weighted by Crippen LogP contribution is -2.41. The van der Waals surface area contributed by atoms with E-state index in [9.17, 15) is 8.78 Å². The zero-order chi connectivity index (χ0) is 17.5. The zero-order valence-electron chi connectivity index (χ0n) is 14.6. The van der Waals surface area contributed by atoms with E-state index in [0.29, 0.717) is 24.4 Å². The number of hydrogen-bond acceptors (Lipinski definition) is 4. The molecule has 1 N–H and O–H groups in total. The van der Waals surface area contributed by atoms with Gasteiger partial charge in [0.05, 0.1) is 11.2 Å². The molecule has 0 atom stereocenters. The molecule has 1 aromatic carbocycles. The maximum atomic E-state index is 13.8. The van der Waals surface area contributed by atoms with Gasteiger partial charge in [-0.1, -0.05) is 0 Å². The van der Waals surface area contributed by atoms with Crippen LogP contribution in [0.25, 0.3) is 0 Å². The summed E-state index contributed by atoms with van der Waals surface area (Å²) in [5, 5.41) is 3.30. The molecule has 3 rings (SSSR count). The molecule has 2 heterocycles. The first-order valence-corrected chi connectivity index (χ1v) is 8.38. The van der Waals surface area contributed by atoms with Gasteiger partial charge in [0.15, 0.2) is 11.6 Å². The Morgan fingerprint density at radius 1 is 1.00 bits per heavy atom.